The fourth-order valence-corrected chi connectivity index (χ4v) is 5.37. The molecule has 1 unspecified atom stereocenters. The van der Waals surface area contributed by atoms with Crippen molar-refractivity contribution in [3.05, 3.63) is 57.0 Å². The van der Waals surface area contributed by atoms with E-state index < -0.39 is 0 Å². The van der Waals surface area contributed by atoms with Crippen molar-refractivity contribution in [2.75, 3.05) is 58.0 Å². The smallest absolute Gasteiger partial charge is 0.252 e. The Bertz CT molecular complexity index is 1280. The molecule has 2 aromatic heterocycles. The third kappa shape index (κ3) is 5.20. The first-order chi connectivity index (χ1) is 17.6. The number of hydrogen-bond donors (Lipinski definition) is 1. The summed E-state index contributed by atoms with van der Waals surface area (Å²) in [7, 11) is 1.57. The molecule has 0 amide bonds. The predicted molar refractivity (Wildman–Crippen MR) is 139 cm³/mol. The topological polar surface area (TPSA) is 93.0 Å². The molecule has 0 spiro atoms. The molecule has 4 heterocycles. The number of benzene rings is 1. The molecule has 3 aromatic rings. The molecule has 0 aliphatic carbocycles. The van der Waals surface area contributed by atoms with Gasteiger partial charge in [0.25, 0.3) is 5.56 Å². The zero-order valence-corrected chi connectivity index (χ0v) is 21.3. The number of anilines is 1. The summed E-state index contributed by atoms with van der Waals surface area (Å²) in [5.74, 6) is 1.13. The van der Waals surface area contributed by atoms with Crippen LogP contribution in [-0.2, 0) is 17.7 Å². The van der Waals surface area contributed by atoms with Gasteiger partial charge in [0.2, 0.25) is 5.95 Å². The van der Waals surface area contributed by atoms with Crippen molar-refractivity contribution < 1.29 is 14.6 Å². The first-order valence-corrected chi connectivity index (χ1v) is 12.8. The first-order valence-electron chi connectivity index (χ1n) is 12.5. The third-order valence-electron chi connectivity index (χ3n) is 7.12. The minimum absolute atomic E-state index is 0.00693. The lowest BCUT2D eigenvalue weighted by Crippen LogP contribution is -2.37. The van der Waals surface area contributed by atoms with Crippen molar-refractivity contribution in [1.82, 2.24) is 19.4 Å². The van der Waals surface area contributed by atoms with Gasteiger partial charge in [-0.1, -0.05) is 17.7 Å². The lowest BCUT2D eigenvalue weighted by molar-refractivity contribution is 0.0385. The molecule has 1 aromatic carbocycles. The van der Waals surface area contributed by atoms with Crippen LogP contribution in [0.5, 0.6) is 5.75 Å². The molecule has 9 nitrogen and oxygen atoms in total. The zero-order valence-electron chi connectivity index (χ0n) is 20.5. The van der Waals surface area contributed by atoms with E-state index in [2.05, 4.69) is 9.88 Å². The Hall–Kier alpha value is -2.72. The number of pyridine rings is 1. The molecule has 2 fully saturated rings. The summed E-state index contributed by atoms with van der Waals surface area (Å²) in [6.45, 7) is 5.27. The van der Waals surface area contributed by atoms with Gasteiger partial charge in [0.15, 0.2) is 0 Å². The number of fused-ring (bicyclic) bond motifs is 1. The monoisotopic (exact) mass is 513 g/mol. The number of ether oxygens (including phenoxy) is 2. The molecule has 2 aliphatic rings. The Balaban J connectivity index is 1.54. The normalized spacial score (nSPS) is 18.8. The van der Waals surface area contributed by atoms with Crippen LogP contribution in [0, 0.1) is 0 Å². The van der Waals surface area contributed by atoms with Gasteiger partial charge >= 0.3 is 0 Å². The van der Waals surface area contributed by atoms with E-state index in [9.17, 15) is 9.90 Å². The maximum atomic E-state index is 13.4. The number of nitrogens with zero attached hydrogens (tertiary/aromatic N) is 5. The number of rotatable bonds is 8. The lowest BCUT2D eigenvalue weighted by Gasteiger charge is -2.27. The van der Waals surface area contributed by atoms with Crippen molar-refractivity contribution >= 4 is 28.6 Å². The van der Waals surface area contributed by atoms with Crippen LogP contribution in [0.15, 0.2) is 35.3 Å². The average Bonchev–Trinajstić information content (AvgIpc) is 3.39. The Morgan fingerprint density at radius 1 is 1.22 bits per heavy atom. The maximum absolute atomic E-state index is 13.4. The minimum Gasteiger partial charge on any atom is -0.495 e. The standard InChI is InChI=1S/C26H32ClN5O4/c1-35-23-5-4-18(13-22(23)27)16-32-24(34)14-19(6-8-30-9-11-36-12-10-30)21-15-28-26(29-25(21)32)31-7-2-3-20(31)17-33/h4-5,13-15,20,33H,2-3,6-12,16-17H2,1H3. The molecule has 0 saturated carbocycles. The fraction of sp³-hybridized carbons (Fsp3) is 0.500. The SMILES string of the molecule is COc1ccc(Cn2c(=O)cc(CCN3CCOCC3)c3cnc(N4CCCC4CO)nc32)cc1Cl. The second-order valence-corrected chi connectivity index (χ2v) is 9.75. The quantitative estimate of drug-likeness (QED) is 0.490. The van der Waals surface area contributed by atoms with Gasteiger partial charge in [-0.15, -0.1) is 0 Å². The van der Waals surface area contributed by atoms with E-state index in [0.717, 1.165) is 75.2 Å². The van der Waals surface area contributed by atoms with E-state index in [1.165, 1.54) is 0 Å². The lowest BCUT2D eigenvalue weighted by atomic mass is 10.1. The average molecular weight is 514 g/mol. The highest BCUT2D eigenvalue weighted by Gasteiger charge is 2.27. The van der Waals surface area contributed by atoms with Crippen LogP contribution in [0.4, 0.5) is 5.95 Å². The Labute approximate surface area is 215 Å². The van der Waals surface area contributed by atoms with Crippen LogP contribution in [0.2, 0.25) is 5.02 Å². The van der Waals surface area contributed by atoms with Crippen LogP contribution >= 0.6 is 11.6 Å². The second kappa shape index (κ2) is 11.1. The number of aliphatic hydroxyl groups excluding tert-OH is 1. The van der Waals surface area contributed by atoms with Gasteiger partial charge in [-0.2, -0.15) is 4.98 Å². The van der Waals surface area contributed by atoms with Crippen LogP contribution in [0.3, 0.4) is 0 Å². The predicted octanol–water partition coefficient (Wildman–Crippen LogP) is 2.34. The highest BCUT2D eigenvalue weighted by molar-refractivity contribution is 6.32. The third-order valence-corrected chi connectivity index (χ3v) is 7.42. The first kappa shape index (κ1) is 25.0. The summed E-state index contributed by atoms with van der Waals surface area (Å²) in [5, 5.41) is 11.2. The van der Waals surface area contributed by atoms with Gasteiger partial charge in [-0.25, -0.2) is 4.98 Å². The number of aromatic nitrogens is 3. The van der Waals surface area contributed by atoms with Crippen molar-refractivity contribution in [1.29, 1.82) is 0 Å². The molecule has 2 saturated heterocycles. The number of methoxy groups -OCH3 is 1. The van der Waals surface area contributed by atoms with E-state index in [1.54, 1.807) is 23.8 Å². The molecule has 0 bridgehead atoms. The van der Waals surface area contributed by atoms with Gasteiger partial charge in [0, 0.05) is 43.8 Å². The molecule has 10 heteroatoms. The van der Waals surface area contributed by atoms with Crippen LogP contribution in [-0.4, -0.2) is 83.7 Å². The Morgan fingerprint density at radius 2 is 2.06 bits per heavy atom. The minimum atomic E-state index is -0.115. The van der Waals surface area contributed by atoms with Gasteiger partial charge in [0.1, 0.15) is 11.4 Å². The molecule has 1 atom stereocenters. The number of aliphatic hydroxyl groups is 1. The van der Waals surface area contributed by atoms with Gasteiger partial charge in [-0.05, 0) is 42.5 Å². The Morgan fingerprint density at radius 3 is 2.81 bits per heavy atom. The molecule has 36 heavy (non-hydrogen) atoms. The van der Waals surface area contributed by atoms with Gasteiger partial charge in [-0.3, -0.25) is 14.3 Å². The van der Waals surface area contributed by atoms with Crippen LogP contribution in [0.1, 0.15) is 24.0 Å². The largest absolute Gasteiger partial charge is 0.495 e. The number of morpholine rings is 1. The summed E-state index contributed by atoms with van der Waals surface area (Å²) in [4.78, 5) is 27.4. The van der Waals surface area contributed by atoms with E-state index in [1.807, 2.05) is 23.2 Å². The second-order valence-electron chi connectivity index (χ2n) is 9.35. The summed E-state index contributed by atoms with van der Waals surface area (Å²) >= 11 is 6.36. The van der Waals surface area contributed by atoms with E-state index in [-0.39, 0.29) is 18.2 Å². The molecular weight excluding hydrogens is 482 g/mol. The maximum Gasteiger partial charge on any atom is 0.252 e. The van der Waals surface area contributed by atoms with E-state index in [4.69, 9.17) is 26.1 Å². The molecule has 5 rings (SSSR count). The van der Waals surface area contributed by atoms with E-state index in [0.29, 0.717) is 28.9 Å². The van der Waals surface area contributed by atoms with Crippen LogP contribution in [0.25, 0.3) is 11.0 Å². The summed E-state index contributed by atoms with van der Waals surface area (Å²) in [5.41, 5.74) is 2.30. The number of hydrogen-bond acceptors (Lipinski definition) is 8. The molecule has 0 radical (unpaired) electrons. The summed E-state index contributed by atoms with van der Waals surface area (Å²) in [6.07, 6.45) is 4.43. The highest BCUT2D eigenvalue weighted by Crippen LogP contribution is 2.27. The van der Waals surface area contributed by atoms with Gasteiger partial charge < -0.3 is 19.5 Å². The van der Waals surface area contributed by atoms with Crippen molar-refractivity contribution in [2.24, 2.45) is 0 Å². The Kier molecular flexibility index (Phi) is 7.71. The molecular formula is C26H32ClN5O4. The fourth-order valence-electron chi connectivity index (χ4n) is 5.09. The van der Waals surface area contributed by atoms with E-state index >= 15 is 0 Å². The zero-order chi connectivity index (χ0) is 25.1. The molecule has 1 N–H and O–H groups in total. The van der Waals surface area contributed by atoms with Gasteiger partial charge in [0.05, 0.1) is 44.5 Å². The summed E-state index contributed by atoms with van der Waals surface area (Å²) < 4.78 is 12.4. The molecule has 2 aliphatic heterocycles. The van der Waals surface area contributed by atoms with Crippen molar-refractivity contribution in [2.45, 2.75) is 31.8 Å². The number of halogens is 1. The molecule has 192 valence electrons. The highest BCUT2D eigenvalue weighted by atomic mass is 35.5. The van der Waals surface area contributed by atoms with Crippen LogP contribution < -0.4 is 15.2 Å². The van der Waals surface area contributed by atoms with Crippen molar-refractivity contribution in [3.8, 4) is 5.75 Å². The van der Waals surface area contributed by atoms with Crippen molar-refractivity contribution in [3.63, 3.8) is 0 Å². The summed E-state index contributed by atoms with van der Waals surface area (Å²) in [6, 6.07) is 7.23.